The van der Waals surface area contributed by atoms with Crippen LogP contribution in [0.4, 0.5) is 0 Å². The molecule has 1 atom stereocenters. The SMILES string of the molecule is Cl.O=C(NC1CCCCC1)[C@@H]1CCCN1. The highest BCUT2D eigenvalue weighted by atomic mass is 35.5. The molecule has 2 aliphatic rings. The van der Waals surface area contributed by atoms with Crippen molar-refractivity contribution in [2.24, 2.45) is 0 Å². The fourth-order valence-corrected chi connectivity index (χ4v) is 2.46. The van der Waals surface area contributed by atoms with Crippen LogP contribution in [0.5, 0.6) is 0 Å². The maximum atomic E-state index is 11.7. The molecule has 0 aromatic carbocycles. The lowest BCUT2D eigenvalue weighted by Gasteiger charge is -2.24. The number of carbonyl (C=O) groups is 1. The minimum Gasteiger partial charge on any atom is -0.352 e. The molecular formula is C11H21ClN2O. The first kappa shape index (κ1) is 12.8. The van der Waals surface area contributed by atoms with Crippen molar-refractivity contribution in [2.45, 2.75) is 57.0 Å². The number of amides is 1. The average molecular weight is 233 g/mol. The van der Waals surface area contributed by atoms with Gasteiger partial charge in [-0.3, -0.25) is 4.79 Å². The molecule has 0 bridgehead atoms. The molecule has 4 heteroatoms. The van der Waals surface area contributed by atoms with Crippen molar-refractivity contribution in [3.8, 4) is 0 Å². The Bertz CT molecular complexity index is 199. The van der Waals surface area contributed by atoms with E-state index in [0.717, 1.165) is 19.4 Å². The second-order valence-corrected chi connectivity index (χ2v) is 4.49. The lowest BCUT2D eigenvalue weighted by Crippen LogP contribution is -2.45. The Morgan fingerprint density at radius 1 is 1.07 bits per heavy atom. The lowest BCUT2D eigenvalue weighted by atomic mass is 9.95. The number of rotatable bonds is 2. The molecule has 0 spiro atoms. The second kappa shape index (κ2) is 6.33. The minimum absolute atomic E-state index is 0. The number of halogens is 1. The molecule has 1 saturated carbocycles. The van der Waals surface area contributed by atoms with Gasteiger partial charge in [0.15, 0.2) is 0 Å². The van der Waals surface area contributed by atoms with Crippen molar-refractivity contribution in [3.05, 3.63) is 0 Å². The van der Waals surface area contributed by atoms with E-state index in [4.69, 9.17) is 0 Å². The predicted molar refractivity (Wildman–Crippen MR) is 63.3 cm³/mol. The van der Waals surface area contributed by atoms with E-state index in [2.05, 4.69) is 10.6 Å². The van der Waals surface area contributed by atoms with Crippen LogP contribution in [0, 0.1) is 0 Å². The van der Waals surface area contributed by atoms with Crippen molar-refractivity contribution in [1.82, 2.24) is 10.6 Å². The monoisotopic (exact) mass is 232 g/mol. The summed E-state index contributed by atoms with van der Waals surface area (Å²) in [6, 6.07) is 0.551. The van der Waals surface area contributed by atoms with Gasteiger partial charge in [-0.2, -0.15) is 0 Å². The Labute approximate surface area is 97.8 Å². The number of carbonyl (C=O) groups excluding carboxylic acids is 1. The van der Waals surface area contributed by atoms with E-state index in [1.165, 1.54) is 32.1 Å². The third-order valence-electron chi connectivity index (χ3n) is 3.33. The van der Waals surface area contributed by atoms with Gasteiger partial charge in [0, 0.05) is 6.04 Å². The zero-order valence-electron chi connectivity index (χ0n) is 9.13. The van der Waals surface area contributed by atoms with Gasteiger partial charge in [-0.25, -0.2) is 0 Å². The molecule has 0 aromatic heterocycles. The van der Waals surface area contributed by atoms with E-state index in [-0.39, 0.29) is 24.4 Å². The van der Waals surface area contributed by atoms with Crippen LogP contribution in [0.25, 0.3) is 0 Å². The quantitative estimate of drug-likeness (QED) is 0.760. The third kappa shape index (κ3) is 3.65. The van der Waals surface area contributed by atoms with E-state index < -0.39 is 0 Å². The van der Waals surface area contributed by atoms with Gasteiger partial charge in [-0.05, 0) is 32.2 Å². The number of nitrogens with one attached hydrogen (secondary N) is 2. The molecule has 1 saturated heterocycles. The van der Waals surface area contributed by atoms with Gasteiger partial charge in [0.05, 0.1) is 6.04 Å². The van der Waals surface area contributed by atoms with E-state index in [9.17, 15) is 4.79 Å². The van der Waals surface area contributed by atoms with Crippen LogP contribution in [0.2, 0.25) is 0 Å². The van der Waals surface area contributed by atoms with Gasteiger partial charge in [-0.1, -0.05) is 19.3 Å². The molecule has 2 rings (SSSR count). The molecule has 3 nitrogen and oxygen atoms in total. The third-order valence-corrected chi connectivity index (χ3v) is 3.33. The smallest absolute Gasteiger partial charge is 0.237 e. The summed E-state index contributed by atoms with van der Waals surface area (Å²) in [5.41, 5.74) is 0. The van der Waals surface area contributed by atoms with Crippen LogP contribution < -0.4 is 10.6 Å². The summed E-state index contributed by atoms with van der Waals surface area (Å²) in [6.07, 6.45) is 8.42. The highest BCUT2D eigenvalue weighted by molar-refractivity contribution is 5.85. The maximum Gasteiger partial charge on any atom is 0.237 e. The number of hydrogen-bond donors (Lipinski definition) is 2. The fourth-order valence-electron chi connectivity index (χ4n) is 2.46. The standard InChI is InChI=1S/C11H20N2O.ClH/c14-11(10-7-4-8-12-10)13-9-5-2-1-3-6-9;/h9-10,12H,1-8H2,(H,13,14);1H/t10-;/m0./s1. The summed E-state index contributed by atoms with van der Waals surface area (Å²) in [4.78, 5) is 11.7. The molecular weight excluding hydrogens is 212 g/mol. The Kier molecular flexibility index (Phi) is 5.40. The molecule has 2 fully saturated rings. The van der Waals surface area contributed by atoms with Gasteiger partial charge in [0.2, 0.25) is 5.91 Å². The highest BCUT2D eigenvalue weighted by Gasteiger charge is 2.24. The Balaban J connectivity index is 0.00000112. The second-order valence-electron chi connectivity index (χ2n) is 4.49. The van der Waals surface area contributed by atoms with Crippen molar-refractivity contribution in [3.63, 3.8) is 0 Å². The molecule has 1 aliphatic heterocycles. The van der Waals surface area contributed by atoms with E-state index in [1.54, 1.807) is 0 Å². The fraction of sp³-hybridized carbons (Fsp3) is 0.909. The first-order valence-corrected chi connectivity index (χ1v) is 5.90. The Hall–Kier alpha value is -0.280. The Morgan fingerprint density at radius 3 is 2.40 bits per heavy atom. The summed E-state index contributed by atoms with van der Waals surface area (Å²) in [6.45, 7) is 1.00. The van der Waals surface area contributed by atoms with Crippen LogP contribution in [-0.4, -0.2) is 24.5 Å². The van der Waals surface area contributed by atoms with Crippen molar-refractivity contribution in [1.29, 1.82) is 0 Å². The molecule has 0 unspecified atom stereocenters. The maximum absolute atomic E-state index is 11.7. The van der Waals surface area contributed by atoms with Crippen LogP contribution in [0.15, 0.2) is 0 Å². The van der Waals surface area contributed by atoms with Gasteiger partial charge < -0.3 is 10.6 Å². The van der Waals surface area contributed by atoms with E-state index in [1.807, 2.05) is 0 Å². The highest BCUT2D eigenvalue weighted by Crippen LogP contribution is 2.17. The molecule has 2 N–H and O–H groups in total. The van der Waals surface area contributed by atoms with Crippen LogP contribution in [0.3, 0.4) is 0 Å². The number of hydrogen-bond acceptors (Lipinski definition) is 2. The van der Waals surface area contributed by atoms with E-state index >= 15 is 0 Å². The van der Waals surface area contributed by atoms with Gasteiger partial charge in [-0.15, -0.1) is 12.4 Å². The Morgan fingerprint density at radius 2 is 1.80 bits per heavy atom. The summed E-state index contributed by atoms with van der Waals surface area (Å²) in [5.74, 6) is 0.231. The minimum atomic E-state index is 0. The molecule has 1 heterocycles. The summed E-state index contributed by atoms with van der Waals surface area (Å²) >= 11 is 0. The zero-order chi connectivity index (χ0) is 9.80. The molecule has 1 aliphatic carbocycles. The van der Waals surface area contributed by atoms with Gasteiger partial charge >= 0.3 is 0 Å². The summed E-state index contributed by atoms with van der Waals surface area (Å²) in [7, 11) is 0. The van der Waals surface area contributed by atoms with Crippen molar-refractivity contribution >= 4 is 18.3 Å². The van der Waals surface area contributed by atoms with Crippen LogP contribution >= 0.6 is 12.4 Å². The predicted octanol–water partition coefficient (Wildman–Crippen LogP) is 1.61. The summed E-state index contributed by atoms with van der Waals surface area (Å²) < 4.78 is 0. The summed E-state index contributed by atoms with van der Waals surface area (Å²) in [5, 5.41) is 6.39. The first-order valence-electron chi connectivity index (χ1n) is 5.90. The molecule has 0 aromatic rings. The largest absolute Gasteiger partial charge is 0.352 e. The lowest BCUT2D eigenvalue weighted by molar-refractivity contribution is -0.123. The molecule has 0 radical (unpaired) electrons. The van der Waals surface area contributed by atoms with Crippen molar-refractivity contribution in [2.75, 3.05) is 6.54 Å². The first-order chi connectivity index (χ1) is 6.86. The topological polar surface area (TPSA) is 41.1 Å². The van der Waals surface area contributed by atoms with Gasteiger partial charge in [0.1, 0.15) is 0 Å². The molecule has 15 heavy (non-hydrogen) atoms. The van der Waals surface area contributed by atoms with Gasteiger partial charge in [0.25, 0.3) is 0 Å². The van der Waals surface area contributed by atoms with E-state index in [0.29, 0.717) is 6.04 Å². The molecule has 88 valence electrons. The normalized spacial score (nSPS) is 27.1. The van der Waals surface area contributed by atoms with Crippen LogP contribution in [-0.2, 0) is 4.79 Å². The van der Waals surface area contributed by atoms with Crippen LogP contribution in [0.1, 0.15) is 44.9 Å². The van der Waals surface area contributed by atoms with Crippen molar-refractivity contribution < 1.29 is 4.79 Å². The average Bonchev–Trinajstić information content (AvgIpc) is 2.72. The zero-order valence-corrected chi connectivity index (χ0v) is 9.94. The molecule has 1 amide bonds.